The number of hydrogen-bond donors (Lipinski definition) is 0. The molecule has 19 heavy (non-hydrogen) atoms. The van der Waals surface area contributed by atoms with Crippen molar-refractivity contribution in [3.05, 3.63) is 48.6 Å². The minimum Gasteiger partial charge on any atom is -0.494 e. The molecule has 0 bridgehead atoms. The van der Waals surface area contributed by atoms with Gasteiger partial charge >= 0.3 is 5.97 Å². The lowest BCUT2D eigenvalue weighted by Gasteiger charge is -2.04. The van der Waals surface area contributed by atoms with Gasteiger partial charge < -0.3 is 9.47 Å². The van der Waals surface area contributed by atoms with Crippen LogP contribution in [0.1, 0.15) is 25.3 Å². The number of ether oxygens (including phenoxy) is 2. The zero-order valence-corrected chi connectivity index (χ0v) is 11.3. The molecule has 0 saturated carbocycles. The van der Waals surface area contributed by atoms with Crippen molar-refractivity contribution >= 4 is 12.0 Å². The first-order valence-electron chi connectivity index (χ1n) is 6.45. The van der Waals surface area contributed by atoms with Crippen molar-refractivity contribution in [2.45, 2.75) is 19.8 Å². The molecule has 0 aliphatic heterocycles. The van der Waals surface area contributed by atoms with Crippen LogP contribution in [-0.2, 0) is 9.53 Å². The van der Waals surface area contributed by atoms with Gasteiger partial charge in [-0.25, -0.2) is 4.79 Å². The van der Waals surface area contributed by atoms with E-state index >= 15 is 0 Å². The Hall–Kier alpha value is -2.03. The SMILES string of the molecule is C=CCOC(=O)/C=C/c1ccc(OCCCC)cc1. The van der Waals surface area contributed by atoms with Crippen LogP contribution in [0.4, 0.5) is 0 Å². The van der Waals surface area contributed by atoms with Crippen molar-refractivity contribution in [1.82, 2.24) is 0 Å². The zero-order valence-electron chi connectivity index (χ0n) is 11.3. The molecule has 0 fully saturated rings. The average molecular weight is 260 g/mol. The fourth-order valence-corrected chi connectivity index (χ4v) is 1.36. The summed E-state index contributed by atoms with van der Waals surface area (Å²) in [5, 5.41) is 0. The van der Waals surface area contributed by atoms with E-state index in [1.807, 2.05) is 24.3 Å². The van der Waals surface area contributed by atoms with Crippen molar-refractivity contribution in [3.63, 3.8) is 0 Å². The Bertz CT molecular complexity index is 418. The van der Waals surface area contributed by atoms with Crippen LogP contribution in [0.2, 0.25) is 0 Å². The highest BCUT2D eigenvalue weighted by Crippen LogP contribution is 2.13. The van der Waals surface area contributed by atoms with Crippen molar-refractivity contribution in [1.29, 1.82) is 0 Å². The normalized spacial score (nSPS) is 10.4. The molecular weight excluding hydrogens is 240 g/mol. The van der Waals surface area contributed by atoms with Crippen LogP contribution >= 0.6 is 0 Å². The van der Waals surface area contributed by atoms with Gasteiger partial charge in [-0.1, -0.05) is 38.1 Å². The summed E-state index contributed by atoms with van der Waals surface area (Å²) in [6, 6.07) is 7.59. The summed E-state index contributed by atoms with van der Waals surface area (Å²) >= 11 is 0. The summed E-state index contributed by atoms with van der Waals surface area (Å²) in [5.41, 5.74) is 0.929. The molecule has 0 saturated heterocycles. The van der Waals surface area contributed by atoms with Crippen LogP contribution in [0.15, 0.2) is 43.0 Å². The molecule has 0 aliphatic carbocycles. The van der Waals surface area contributed by atoms with Crippen molar-refractivity contribution < 1.29 is 14.3 Å². The zero-order chi connectivity index (χ0) is 13.9. The topological polar surface area (TPSA) is 35.5 Å². The Kier molecular flexibility index (Phi) is 7.10. The molecular formula is C16H20O3. The third-order valence-corrected chi connectivity index (χ3v) is 2.40. The van der Waals surface area contributed by atoms with Crippen LogP contribution in [0.3, 0.4) is 0 Å². The van der Waals surface area contributed by atoms with Crippen LogP contribution in [0.5, 0.6) is 5.75 Å². The second-order valence-electron chi connectivity index (χ2n) is 4.02. The fourth-order valence-electron chi connectivity index (χ4n) is 1.36. The van der Waals surface area contributed by atoms with Crippen molar-refractivity contribution in [2.24, 2.45) is 0 Å². The Morgan fingerprint density at radius 1 is 1.32 bits per heavy atom. The molecule has 3 heteroatoms. The van der Waals surface area contributed by atoms with Crippen LogP contribution in [0.25, 0.3) is 6.08 Å². The fraction of sp³-hybridized carbons (Fsp3) is 0.312. The highest BCUT2D eigenvalue weighted by Gasteiger charge is 1.96. The number of esters is 1. The minimum atomic E-state index is -0.372. The number of carbonyl (C=O) groups is 1. The van der Waals surface area contributed by atoms with Gasteiger partial charge in [-0.2, -0.15) is 0 Å². The first-order chi connectivity index (χ1) is 9.26. The molecule has 0 aromatic heterocycles. The van der Waals surface area contributed by atoms with E-state index in [1.54, 1.807) is 6.08 Å². The molecule has 0 amide bonds. The van der Waals surface area contributed by atoms with E-state index in [0.717, 1.165) is 30.8 Å². The number of hydrogen-bond acceptors (Lipinski definition) is 3. The molecule has 1 aromatic carbocycles. The summed E-state index contributed by atoms with van der Waals surface area (Å²) in [4.78, 5) is 11.2. The highest BCUT2D eigenvalue weighted by molar-refractivity contribution is 5.87. The molecule has 0 radical (unpaired) electrons. The van der Waals surface area contributed by atoms with E-state index in [2.05, 4.69) is 13.5 Å². The largest absolute Gasteiger partial charge is 0.494 e. The van der Waals surface area contributed by atoms with Gasteiger partial charge in [-0.15, -0.1) is 0 Å². The average Bonchev–Trinajstić information content (AvgIpc) is 2.44. The summed E-state index contributed by atoms with van der Waals surface area (Å²) in [5.74, 6) is 0.475. The lowest BCUT2D eigenvalue weighted by atomic mass is 10.2. The van der Waals surface area contributed by atoms with E-state index < -0.39 is 0 Å². The van der Waals surface area contributed by atoms with Gasteiger partial charge in [0, 0.05) is 6.08 Å². The number of unbranched alkanes of at least 4 members (excludes halogenated alkanes) is 1. The standard InChI is InChI=1S/C16H20O3/c1-3-5-13-18-15-9-6-14(7-10-15)8-11-16(17)19-12-4-2/h4,6-11H,2-3,5,12-13H2,1H3/b11-8+. The summed E-state index contributed by atoms with van der Waals surface area (Å²) in [6.07, 6.45) is 6.82. The third kappa shape index (κ3) is 6.46. The van der Waals surface area contributed by atoms with Crippen LogP contribution in [-0.4, -0.2) is 19.2 Å². The Labute approximate surface area is 114 Å². The molecule has 0 spiro atoms. The van der Waals surface area contributed by atoms with Crippen molar-refractivity contribution in [2.75, 3.05) is 13.2 Å². The summed E-state index contributed by atoms with van der Waals surface area (Å²) in [6.45, 7) is 6.57. The van der Waals surface area contributed by atoms with Gasteiger partial charge in [0.25, 0.3) is 0 Å². The van der Waals surface area contributed by atoms with Gasteiger partial charge in [0.05, 0.1) is 6.61 Å². The molecule has 3 nitrogen and oxygen atoms in total. The molecule has 0 heterocycles. The Morgan fingerprint density at radius 3 is 2.68 bits per heavy atom. The predicted octanol–water partition coefficient (Wildman–Crippen LogP) is 3.61. The number of benzene rings is 1. The van der Waals surface area contributed by atoms with Crippen LogP contribution < -0.4 is 4.74 Å². The van der Waals surface area contributed by atoms with E-state index in [-0.39, 0.29) is 12.6 Å². The maximum Gasteiger partial charge on any atom is 0.331 e. The molecule has 0 unspecified atom stereocenters. The van der Waals surface area contributed by atoms with Gasteiger partial charge in [0.2, 0.25) is 0 Å². The molecule has 1 rings (SSSR count). The molecule has 0 N–H and O–H groups in total. The third-order valence-electron chi connectivity index (χ3n) is 2.40. The second-order valence-corrected chi connectivity index (χ2v) is 4.02. The molecule has 1 aromatic rings. The van der Waals surface area contributed by atoms with Crippen molar-refractivity contribution in [3.8, 4) is 5.75 Å². The first kappa shape index (κ1) is 15.0. The number of carbonyl (C=O) groups excluding carboxylic acids is 1. The Balaban J connectivity index is 2.45. The minimum absolute atomic E-state index is 0.230. The lowest BCUT2D eigenvalue weighted by Crippen LogP contribution is -1.99. The molecule has 0 aliphatic rings. The van der Waals surface area contributed by atoms with Gasteiger partial charge in [0.15, 0.2) is 0 Å². The maximum atomic E-state index is 11.2. The highest BCUT2D eigenvalue weighted by atomic mass is 16.5. The molecule has 102 valence electrons. The molecule has 0 atom stereocenters. The maximum absolute atomic E-state index is 11.2. The second kappa shape index (κ2) is 8.97. The van der Waals surface area contributed by atoms with Gasteiger partial charge in [0.1, 0.15) is 12.4 Å². The Morgan fingerprint density at radius 2 is 2.05 bits per heavy atom. The van der Waals surface area contributed by atoms with E-state index in [0.29, 0.717) is 0 Å². The quantitative estimate of drug-likeness (QED) is 0.310. The van der Waals surface area contributed by atoms with E-state index in [4.69, 9.17) is 9.47 Å². The lowest BCUT2D eigenvalue weighted by molar-refractivity contribution is -0.136. The van der Waals surface area contributed by atoms with E-state index in [1.165, 1.54) is 12.2 Å². The first-order valence-corrected chi connectivity index (χ1v) is 6.45. The number of rotatable bonds is 8. The monoisotopic (exact) mass is 260 g/mol. The van der Waals surface area contributed by atoms with E-state index in [9.17, 15) is 4.79 Å². The van der Waals surface area contributed by atoms with Crippen LogP contribution in [0, 0.1) is 0 Å². The van der Waals surface area contributed by atoms with Gasteiger partial charge in [-0.05, 0) is 30.2 Å². The predicted molar refractivity (Wildman–Crippen MR) is 77.0 cm³/mol. The smallest absolute Gasteiger partial charge is 0.331 e. The van der Waals surface area contributed by atoms with Gasteiger partial charge in [-0.3, -0.25) is 0 Å². The summed E-state index contributed by atoms with van der Waals surface area (Å²) < 4.78 is 10.4. The summed E-state index contributed by atoms with van der Waals surface area (Å²) in [7, 11) is 0.